The highest BCUT2D eigenvalue weighted by molar-refractivity contribution is 7.90. The third-order valence-electron chi connectivity index (χ3n) is 2.84. The normalized spacial score (nSPS) is 18.6. The molecular formula is C10H12F3N3O2S. The summed E-state index contributed by atoms with van der Waals surface area (Å²) in [5.41, 5.74) is -5.24. The minimum atomic E-state index is -5.24. The van der Waals surface area contributed by atoms with Crippen LogP contribution in [0.15, 0.2) is 24.4 Å². The first-order valence-electron chi connectivity index (χ1n) is 5.55. The molecule has 0 atom stereocenters. The lowest BCUT2D eigenvalue weighted by molar-refractivity contribution is -0.0490. The zero-order valence-electron chi connectivity index (χ0n) is 9.84. The zero-order valence-corrected chi connectivity index (χ0v) is 10.7. The van der Waals surface area contributed by atoms with Crippen LogP contribution < -0.4 is 4.90 Å². The van der Waals surface area contributed by atoms with E-state index in [9.17, 15) is 21.6 Å². The Morgan fingerprint density at radius 2 is 1.74 bits per heavy atom. The van der Waals surface area contributed by atoms with Crippen molar-refractivity contribution in [2.75, 3.05) is 31.1 Å². The number of anilines is 1. The molecule has 1 aromatic heterocycles. The van der Waals surface area contributed by atoms with Crippen molar-refractivity contribution in [2.45, 2.75) is 5.51 Å². The smallest absolute Gasteiger partial charge is 0.354 e. The maximum absolute atomic E-state index is 12.4. The minimum absolute atomic E-state index is 0.187. The summed E-state index contributed by atoms with van der Waals surface area (Å²) in [4.78, 5) is 5.83. The second kappa shape index (κ2) is 4.97. The molecule has 1 fully saturated rings. The molecule has 19 heavy (non-hydrogen) atoms. The number of pyridine rings is 1. The Kier molecular flexibility index (Phi) is 3.68. The number of sulfonamides is 1. The van der Waals surface area contributed by atoms with Crippen molar-refractivity contribution < 1.29 is 21.6 Å². The predicted octanol–water partition coefficient (Wildman–Crippen LogP) is 1.05. The van der Waals surface area contributed by atoms with Crippen LogP contribution in [-0.2, 0) is 10.0 Å². The van der Waals surface area contributed by atoms with Gasteiger partial charge in [0.15, 0.2) is 0 Å². The lowest BCUT2D eigenvalue weighted by Gasteiger charge is -2.34. The van der Waals surface area contributed by atoms with Gasteiger partial charge < -0.3 is 4.90 Å². The molecule has 1 aromatic rings. The summed E-state index contributed by atoms with van der Waals surface area (Å²) in [6.07, 6.45) is 1.58. The van der Waals surface area contributed by atoms with Gasteiger partial charge in [0.05, 0.1) is 0 Å². The van der Waals surface area contributed by atoms with E-state index in [4.69, 9.17) is 0 Å². The Balaban J connectivity index is 2.05. The molecule has 0 spiro atoms. The molecule has 0 N–H and O–H groups in total. The summed E-state index contributed by atoms with van der Waals surface area (Å²) in [6, 6.07) is 5.23. The van der Waals surface area contributed by atoms with Gasteiger partial charge in [-0.1, -0.05) is 6.07 Å². The van der Waals surface area contributed by atoms with E-state index in [1.165, 1.54) is 0 Å². The molecule has 0 bridgehead atoms. The highest BCUT2D eigenvalue weighted by Gasteiger charge is 2.50. The van der Waals surface area contributed by atoms with Crippen molar-refractivity contribution >= 4 is 15.8 Å². The molecule has 1 aliphatic heterocycles. The average Bonchev–Trinajstić information content (AvgIpc) is 2.39. The van der Waals surface area contributed by atoms with Crippen molar-refractivity contribution in [1.29, 1.82) is 0 Å². The first-order valence-corrected chi connectivity index (χ1v) is 6.99. The van der Waals surface area contributed by atoms with Crippen molar-refractivity contribution in [3.05, 3.63) is 24.4 Å². The SMILES string of the molecule is O=S(=O)(N1CCN(c2ccccn2)CC1)C(F)(F)F. The van der Waals surface area contributed by atoms with Gasteiger partial charge in [-0.3, -0.25) is 0 Å². The Morgan fingerprint density at radius 3 is 2.21 bits per heavy atom. The van der Waals surface area contributed by atoms with Gasteiger partial charge in [0.2, 0.25) is 0 Å². The Bertz CT molecular complexity index is 525. The molecule has 0 radical (unpaired) electrons. The van der Waals surface area contributed by atoms with Gasteiger partial charge in [-0.15, -0.1) is 0 Å². The van der Waals surface area contributed by atoms with E-state index in [-0.39, 0.29) is 26.2 Å². The van der Waals surface area contributed by atoms with Gasteiger partial charge >= 0.3 is 15.5 Å². The van der Waals surface area contributed by atoms with Gasteiger partial charge in [-0.2, -0.15) is 17.5 Å². The van der Waals surface area contributed by atoms with E-state index in [0.29, 0.717) is 10.1 Å². The molecule has 2 rings (SSSR count). The van der Waals surface area contributed by atoms with Gasteiger partial charge in [0.25, 0.3) is 0 Å². The third-order valence-corrected chi connectivity index (χ3v) is 4.47. The number of hydrogen-bond donors (Lipinski definition) is 0. The van der Waals surface area contributed by atoms with E-state index in [0.717, 1.165) is 0 Å². The maximum Gasteiger partial charge on any atom is 0.511 e. The van der Waals surface area contributed by atoms with Crippen LogP contribution in [0.3, 0.4) is 0 Å². The highest BCUT2D eigenvalue weighted by atomic mass is 32.2. The van der Waals surface area contributed by atoms with E-state index < -0.39 is 15.5 Å². The predicted molar refractivity (Wildman–Crippen MR) is 63.0 cm³/mol. The van der Waals surface area contributed by atoms with E-state index in [2.05, 4.69) is 4.98 Å². The van der Waals surface area contributed by atoms with Gasteiger partial charge in [0.1, 0.15) is 5.82 Å². The van der Waals surface area contributed by atoms with Crippen molar-refractivity contribution in [3.63, 3.8) is 0 Å². The molecule has 0 aliphatic carbocycles. The number of halogens is 3. The summed E-state index contributed by atoms with van der Waals surface area (Å²) in [5.74, 6) is 0.631. The van der Waals surface area contributed by atoms with Crippen LogP contribution in [0, 0.1) is 0 Å². The first kappa shape index (κ1) is 14.1. The Hall–Kier alpha value is -1.35. The Morgan fingerprint density at radius 1 is 1.11 bits per heavy atom. The van der Waals surface area contributed by atoms with Crippen molar-refractivity contribution in [1.82, 2.24) is 9.29 Å². The molecule has 1 saturated heterocycles. The quantitative estimate of drug-likeness (QED) is 0.818. The molecule has 106 valence electrons. The standard InChI is InChI=1S/C10H12F3N3O2S/c11-10(12,13)19(17,18)16-7-5-15(6-8-16)9-3-1-2-4-14-9/h1-4H,5-8H2. The fourth-order valence-corrected chi connectivity index (χ4v) is 2.78. The van der Waals surface area contributed by atoms with E-state index in [1.807, 2.05) is 0 Å². The van der Waals surface area contributed by atoms with Gasteiger partial charge in [-0.25, -0.2) is 13.4 Å². The largest absolute Gasteiger partial charge is 0.511 e. The summed E-state index contributed by atoms with van der Waals surface area (Å²) >= 11 is 0. The minimum Gasteiger partial charge on any atom is -0.354 e. The average molecular weight is 295 g/mol. The third kappa shape index (κ3) is 2.81. The second-order valence-corrected chi connectivity index (χ2v) is 5.95. The van der Waals surface area contributed by atoms with Gasteiger partial charge in [-0.05, 0) is 12.1 Å². The van der Waals surface area contributed by atoms with Crippen LogP contribution in [-0.4, -0.2) is 49.4 Å². The Labute approximate surface area is 108 Å². The molecule has 1 aliphatic rings. The summed E-state index contributed by atoms with van der Waals surface area (Å²) in [6.45, 7) is -0.0184. The molecule has 0 unspecified atom stereocenters. The topological polar surface area (TPSA) is 53.5 Å². The van der Waals surface area contributed by atoms with Crippen LogP contribution in [0.4, 0.5) is 19.0 Å². The molecule has 0 saturated carbocycles. The van der Waals surface area contributed by atoms with E-state index >= 15 is 0 Å². The fraction of sp³-hybridized carbons (Fsp3) is 0.500. The fourth-order valence-electron chi connectivity index (χ4n) is 1.84. The van der Waals surface area contributed by atoms with Gasteiger partial charge in [0, 0.05) is 32.4 Å². The number of aromatic nitrogens is 1. The molecule has 0 aromatic carbocycles. The number of rotatable bonds is 2. The lowest BCUT2D eigenvalue weighted by Crippen LogP contribution is -2.52. The van der Waals surface area contributed by atoms with Crippen LogP contribution in [0.25, 0.3) is 0 Å². The molecule has 0 amide bonds. The molecular weight excluding hydrogens is 283 g/mol. The van der Waals surface area contributed by atoms with Crippen LogP contribution in [0.5, 0.6) is 0 Å². The second-order valence-electron chi connectivity index (χ2n) is 4.02. The summed E-state index contributed by atoms with van der Waals surface area (Å²) in [7, 11) is -5.22. The molecule has 5 nitrogen and oxygen atoms in total. The molecule has 9 heteroatoms. The van der Waals surface area contributed by atoms with Crippen LogP contribution in [0.2, 0.25) is 0 Å². The monoisotopic (exact) mass is 295 g/mol. The van der Waals surface area contributed by atoms with Crippen LogP contribution >= 0.6 is 0 Å². The van der Waals surface area contributed by atoms with Crippen molar-refractivity contribution in [2.24, 2.45) is 0 Å². The van der Waals surface area contributed by atoms with Crippen LogP contribution in [0.1, 0.15) is 0 Å². The zero-order chi connectivity index (χ0) is 14.1. The number of alkyl halides is 3. The molecule has 2 heterocycles. The number of nitrogens with zero attached hydrogens (tertiary/aromatic N) is 3. The van der Waals surface area contributed by atoms with E-state index in [1.54, 1.807) is 29.3 Å². The highest BCUT2D eigenvalue weighted by Crippen LogP contribution is 2.27. The summed E-state index contributed by atoms with van der Waals surface area (Å²) < 4.78 is 60.0. The lowest BCUT2D eigenvalue weighted by atomic mass is 10.3. The number of hydrogen-bond acceptors (Lipinski definition) is 4. The maximum atomic E-state index is 12.4. The number of piperazine rings is 1. The van der Waals surface area contributed by atoms with Crippen molar-refractivity contribution in [3.8, 4) is 0 Å². The summed E-state index contributed by atoms with van der Waals surface area (Å²) in [5, 5.41) is 0. The first-order chi connectivity index (χ1) is 8.82.